The number of aromatic nitrogens is 2. The second kappa shape index (κ2) is 7.08. The van der Waals surface area contributed by atoms with Crippen LogP contribution in [0.25, 0.3) is 11.3 Å². The third-order valence-corrected chi connectivity index (χ3v) is 3.41. The lowest BCUT2D eigenvalue weighted by atomic mass is 10.1. The summed E-state index contributed by atoms with van der Waals surface area (Å²) in [5.41, 5.74) is 9.22. The van der Waals surface area contributed by atoms with E-state index in [4.69, 9.17) is 15.2 Å². The van der Waals surface area contributed by atoms with E-state index in [-0.39, 0.29) is 6.10 Å². The molecule has 1 aromatic heterocycles. The molecule has 3 N–H and O–H groups in total. The molecule has 0 aliphatic rings. The lowest BCUT2D eigenvalue weighted by Gasteiger charge is -2.09. The zero-order chi connectivity index (χ0) is 16.9. The summed E-state index contributed by atoms with van der Waals surface area (Å²) in [7, 11) is 0. The first-order valence-corrected chi connectivity index (χ1v) is 7.90. The maximum Gasteiger partial charge on any atom is 0.130 e. The van der Waals surface area contributed by atoms with Crippen LogP contribution in [0.5, 0.6) is 11.5 Å². The summed E-state index contributed by atoms with van der Waals surface area (Å²) in [5.74, 6) is 1.59. The molecule has 124 valence electrons. The quantitative estimate of drug-likeness (QED) is 0.672. The topological polar surface area (TPSA) is 73.2 Å². The summed E-state index contributed by atoms with van der Waals surface area (Å²) in [5, 5.41) is 7.33. The number of benzene rings is 2. The number of rotatable bonds is 6. The van der Waals surface area contributed by atoms with Gasteiger partial charge in [0.15, 0.2) is 0 Å². The van der Waals surface area contributed by atoms with Gasteiger partial charge in [0.2, 0.25) is 0 Å². The fourth-order valence-electron chi connectivity index (χ4n) is 2.33. The van der Waals surface area contributed by atoms with Crippen molar-refractivity contribution in [2.24, 2.45) is 0 Å². The van der Waals surface area contributed by atoms with E-state index >= 15 is 0 Å². The van der Waals surface area contributed by atoms with Gasteiger partial charge in [0.25, 0.3) is 0 Å². The van der Waals surface area contributed by atoms with Crippen molar-refractivity contribution in [2.75, 3.05) is 5.73 Å². The van der Waals surface area contributed by atoms with Gasteiger partial charge < -0.3 is 15.2 Å². The maximum absolute atomic E-state index is 5.74. The van der Waals surface area contributed by atoms with Crippen LogP contribution < -0.4 is 15.2 Å². The summed E-state index contributed by atoms with van der Waals surface area (Å²) < 4.78 is 11.4. The molecule has 0 spiro atoms. The van der Waals surface area contributed by atoms with Crippen molar-refractivity contribution < 1.29 is 9.47 Å². The Morgan fingerprint density at radius 3 is 2.54 bits per heavy atom. The van der Waals surface area contributed by atoms with Gasteiger partial charge in [0.1, 0.15) is 18.1 Å². The summed E-state index contributed by atoms with van der Waals surface area (Å²) in [6.07, 6.45) is 0.164. The lowest BCUT2D eigenvalue weighted by Crippen LogP contribution is -2.05. The Labute approximate surface area is 141 Å². The highest BCUT2D eigenvalue weighted by Crippen LogP contribution is 2.22. The fourth-order valence-corrected chi connectivity index (χ4v) is 2.33. The molecule has 0 saturated heterocycles. The zero-order valence-corrected chi connectivity index (χ0v) is 13.8. The van der Waals surface area contributed by atoms with Crippen LogP contribution in [0.15, 0.2) is 54.6 Å². The summed E-state index contributed by atoms with van der Waals surface area (Å²) in [4.78, 5) is 0. The van der Waals surface area contributed by atoms with E-state index < -0.39 is 0 Å². The number of H-pyrrole nitrogens is 1. The van der Waals surface area contributed by atoms with Crippen LogP contribution >= 0.6 is 0 Å². The van der Waals surface area contributed by atoms with Gasteiger partial charge in [-0.25, -0.2) is 0 Å². The van der Waals surface area contributed by atoms with Crippen LogP contribution in [-0.4, -0.2) is 16.3 Å². The fraction of sp³-hybridized carbons (Fsp3) is 0.211. The Balaban J connectivity index is 1.64. The average molecular weight is 323 g/mol. The Morgan fingerprint density at radius 2 is 1.83 bits per heavy atom. The predicted octanol–water partition coefficient (Wildman–Crippen LogP) is 4.03. The summed E-state index contributed by atoms with van der Waals surface area (Å²) >= 11 is 0. The molecule has 0 fully saturated rings. The third-order valence-electron chi connectivity index (χ3n) is 3.41. The molecule has 0 amide bonds. The van der Waals surface area contributed by atoms with Gasteiger partial charge in [-0.2, -0.15) is 5.10 Å². The molecule has 1 heterocycles. The van der Waals surface area contributed by atoms with Crippen LogP contribution in [0.3, 0.4) is 0 Å². The lowest BCUT2D eigenvalue weighted by molar-refractivity contribution is 0.242. The van der Waals surface area contributed by atoms with E-state index in [0.717, 1.165) is 28.5 Å². The molecule has 5 heteroatoms. The van der Waals surface area contributed by atoms with Crippen molar-refractivity contribution in [3.63, 3.8) is 0 Å². The van der Waals surface area contributed by atoms with Crippen molar-refractivity contribution in [3.8, 4) is 22.8 Å². The SMILES string of the molecule is CC(C)Oc1ccc(-c2cc(COc3cccc(N)c3)[nH]n2)cc1. The molecule has 0 aliphatic carbocycles. The minimum absolute atomic E-state index is 0.164. The molecule has 0 bridgehead atoms. The molecule has 0 atom stereocenters. The van der Waals surface area contributed by atoms with Crippen LogP contribution in [0, 0.1) is 0 Å². The minimum Gasteiger partial charge on any atom is -0.491 e. The van der Waals surface area contributed by atoms with Gasteiger partial charge in [0.05, 0.1) is 17.5 Å². The number of hydrogen-bond donors (Lipinski definition) is 2. The van der Waals surface area contributed by atoms with Crippen LogP contribution in [0.4, 0.5) is 5.69 Å². The van der Waals surface area contributed by atoms with Crippen molar-refractivity contribution in [2.45, 2.75) is 26.6 Å². The minimum atomic E-state index is 0.164. The highest BCUT2D eigenvalue weighted by atomic mass is 16.5. The second-order valence-corrected chi connectivity index (χ2v) is 5.83. The van der Waals surface area contributed by atoms with Crippen LogP contribution in [0.2, 0.25) is 0 Å². The van der Waals surface area contributed by atoms with Gasteiger partial charge in [0, 0.05) is 17.3 Å². The Morgan fingerprint density at radius 1 is 1.04 bits per heavy atom. The third kappa shape index (κ3) is 4.07. The largest absolute Gasteiger partial charge is 0.491 e. The smallest absolute Gasteiger partial charge is 0.130 e. The van der Waals surface area contributed by atoms with Crippen molar-refractivity contribution >= 4 is 5.69 Å². The Bertz CT molecular complexity index is 794. The van der Waals surface area contributed by atoms with Crippen molar-refractivity contribution in [1.29, 1.82) is 0 Å². The molecule has 3 aromatic rings. The number of aromatic amines is 1. The summed E-state index contributed by atoms with van der Waals surface area (Å²) in [6.45, 7) is 4.42. The normalized spacial score (nSPS) is 10.8. The number of nitrogens with one attached hydrogen (secondary N) is 1. The van der Waals surface area contributed by atoms with Gasteiger partial charge in [-0.05, 0) is 56.3 Å². The van der Waals surface area contributed by atoms with Gasteiger partial charge in [-0.15, -0.1) is 0 Å². The number of hydrogen-bond acceptors (Lipinski definition) is 4. The molecule has 0 saturated carbocycles. The molecule has 24 heavy (non-hydrogen) atoms. The zero-order valence-electron chi connectivity index (χ0n) is 13.8. The number of nitrogens with two attached hydrogens (primary N) is 1. The second-order valence-electron chi connectivity index (χ2n) is 5.83. The van der Waals surface area contributed by atoms with E-state index in [0.29, 0.717) is 12.3 Å². The van der Waals surface area contributed by atoms with Gasteiger partial charge in [-0.3, -0.25) is 5.10 Å². The first-order chi connectivity index (χ1) is 11.6. The Kier molecular flexibility index (Phi) is 4.70. The van der Waals surface area contributed by atoms with Crippen LogP contribution in [-0.2, 0) is 6.61 Å². The number of anilines is 1. The standard InChI is InChI=1S/C19H21N3O2/c1-13(2)24-17-8-6-14(7-9-17)19-11-16(21-22-19)12-23-18-5-3-4-15(20)10-18/h3-11,13H,12,20H2,1-2H3,(H,21,22). The van der Waals surface area contributed by atoms with E-state index in [9.17, 15) is 0 Å². The highest BCUT2D eigenvalue weighted by molar-refractivity contribution is 5.60. The molecule has 0 radical (unpaired) electrons. The monoisotopic (exact) mass is 323 g/mol. The van der Waals surface area contributed by atoms with E-state index in [2.05, 4.69) is 10.2 Å². The van der Waals surface area contributed by atoms with Crippen molar-refractivity contribution in [1.82, 2.24) is 10.2 Å². The molecular formula is C19H21N3O2. The predicted molar refractivity (Wildman–Crippen MR) is 95.0 cm³/mol. The first kappa shape index (κ1) is 15.9. The molecule has 0 aliphatic heterocycles. The highest BCUT2D eigenvalue weighted by Gasteiger charge is 2.06. The Hall–Kier alpha value is -2.95. The molecule has 5 nitrogen and oxygen atoms in total. The van der Waals surface area contributed by atoms with E-state index in [1.807, 2.05) is 62.4 Å². The molecule has 2 aromatic carbocycles. The van der Waals surface area contributed by atoms with Gasteiger partial charge in [-0.1, -0.05) is 6.07 Å². The average Bonchev–Trinajstić information content (AvgIpc) is 3.02. The number of ether oxygens (including phenoxy) is 2. The van der Waals surface area contributed by atoms with Crippen LogP contribution in [0.1, 0.15) is 19.5 Å². The van der Waals surface area contributed by atoms with Crippen molar-refractivity contribution in [3.05, 3.63) is 60.3 Å². The molecule has 0 unspecified atom stereocenters. The van der Waals surface area contributed by atoms with E-state index in [1.54, 1.807) is 6.07 Å². The number of nitrogens with zero attached hydrogens (tertiary/aromatic N) is 1. The van der Waals surface area contributed by atoms with E-state index in [1.165, 1.54) is 0 Å². The molecular weight excluding hydrogens is 302 g/mol. The summed E-state index contributed by atoms with van der Waals surface area (Å²) in [6, 6.07) is 17.2. The number of nitrogen functional groups attached to an aromatic ring is 1. The first-order valence-electron chi connectivity index (χ1n) is 7.90. The maximum atomic E-state index is 5.74. The molecule has 3 rings (SSSR count). The van der Waals surface area contributed by atoms with Gasteiger partial charge >= 0.3 is 0 Å².